The summed E-state index contributed by atoms with van der Waals surface area (Å²) in [6.07, 6.45) is 1.68. The van der Waals surface area contributed by atoms with Gasteiger partial charge < -0.3 is 14.8 Å². The molecule has 3 rings (SSSR count). The number of benzene rings is 2. The molecule has 122 valence electrons. The second-order valence-electron chi connectivity index (χ2n) is 5.10. The molecule has 0 radical (unpaired) electrons. The van der Waals surface area contributed by atoms with Gasteiger partial charge in [0.05, 0.1) is 14.2 Å². The number of ether oxygens (including phenoxy) is 2. The molecule has 0 aromatic heterocycles. The van der Waals surface area contributed by atoms with Gasteiger partial charge in [0, 0.05) is 16.7 Å². The van der Waals surface area contributed by atoms with Crippen LogP contribution in [0.4, 0.5) is 0 Å². The molecule has 0 aliphatic carbocycles. The van der Waals surface area contributed by atoms with Crippen molar-refractivity contribution >= 4 is 29.4 Å². The first-order chi connectivity index (χ1) is 11.6. The molecule has 2 aromatic rings. The van der Waals surface area contributed by atoms with Crippen LogP contribution in [0, 0.1) is 0 Å². The van der Waals surface area contributed by atoms with Gasteiger partial charge in [-0.15, -0.1) is 0 Å². The molecule has 0 spiro atoms. The van der Waals surface area contributed by atoms with Crippen molar-refractivity contribution in [1.29, 1.82) is 0 Å². The lowest BCUT2D eigenvalue weighted by atomic mass is 10.1. The Kier molecular flexibility index (Phi) is 4.53. The van der Waals surface area contributed by atoms with E-state index in [9.17, 15) is 4.79 Å². The fraction of sp³-hybridized carbons (Fsp3) is 0.111. The second kappa shape index (κ2) is 6.76. The van der Waals surface area contributed by atoms with Gasteiger partial charge in [-0.3, -0.25) is 4.79 Å². The Bertz CT molecular complexity index is 820. The average Bonchev–Trinajstić information content (AvgIpc) is 2.95. The van der Waals surface area contributed by atoms with Crippen molar-refractivity contribution in [2.45, 2.75) is 0 Å². The quantitative estimate of drug-likeness (QED) is 0.867. The summed E-state index contributed by atoms with van der Waals surface area (Å²) in [7, 11) is 3.15. The summed E-state index contributed by atoms with van der Waals surface area (Å²) in [4.78, 5) is 16.5. The number of methoxy groups -OCH3 is 2. The molecule has 1 amide bonds. The van der Waals surface area contributed by atoms with Gasteiger partial charge in [0.1, 0.15) is 23.0 Å². The number of hydrogen-bond acceptors (Lipinski definition) is 4. The number of aliphatic imine (C=N–C) groups is 1. The monoisotopic (exact) mass is 342 g/mol. The maximum Gasteiger partial charge on any atom is 0.275 e. The first kappa shape index (κ1) is 16.1. The SMILES string of the molecule is COc1cc(/C=C2/N=C(c3ccc(Cl)cc3)NC2=O)cc(OC)c1. The van der Waals surface area contributed by atoms with Gasteiger partial charge in [-0.25, -0.2) is 4.99 Å². The van der Waals surface area contributed by atoms with Crippen LogP contribution in [0.1, 0.15) is 11.1 Å². The second-order valence-corrected chi connectivity index (χ2v) is 5.53. The van der Waals surface area contributed by atoms with Crippen LogP contribution < -0.4 is 14.8 Å². The lowest BCUT2D eigenvalue weighted by molar-refractivity contribution is -0.115. The predicted octanol–water partition coefficient (Wildman–Crippen LogP) is 3.27. The van der Waals surface area contributed by atoms with Crippen molar-refractivity contribution in [3.63, 3.8) is 0 Å². The Morgan fingerprint density at radius 1 is 1.04 bits per heavy atom. The van der Waals surface area contributed by atoms with Crippen molar-refractivity contribution in [1.82, 2.24) is 5.32 Å². The third kappa shape index (κ3) is 3.41. The average molecular weight is 343 g/mol. The molecule has 2 aromatic carbocycles. The first-order valence-electron chi connectivity index (χ1n) is 7.20. The summed E-state index contributed by atoms with van der Waals surface area (Å²) >= 11 is 5.88. The van der Waals surface area contributed by atoms with Crippen LogP contribution in [-0.4, -0.2) is 26.0 Å². The number of amides is 1. The van der Waals surface area contributed by atoms with Crippen molar-refractivity contribution < 1.29 is 14.3 Å². The van der Waals surface area contributed by atoms with E-state index in [4.69, 9.17) is 21.1 Å². The molecule has 0 unspecified atom stereocenters. The van der Waals surface area contributed by atoms with Gasteiger partial charge in [0.25, 0.3) is 5.91 Å². The molecule has 1 aliphatic heterocycles. The normalized spacial score (nSPS) is 15.2. The molecule has 0 saturated heterocycles. The van der Waals surface area contributed by atoms with Gasteiger partial charge in [0.15, 0.2) is 0 Å². The van der Waals surface area contributed by atoms with Crippen LogP contribution in [0.3, 0.4) is 0 Å². The number of carbonyl (C=O) groups is 1. The number of amidine groups is 1. The lowest BCUT2D eigenvalue weighted by Gasteiger charge is -2.05. The van der Waals surface area contributed by atoms with Gasteiger partial charge in [-0.05, 0) is 48.0 Å². The van der Waals surface area contributed by atoms with Crippen molar-refractivity contribution in [3.05, 3.63) is 64.3 Å². The number of nitrogens with one attached hydrogen (secondary N) is 1. The molecule has 0 fully saturated rings. The third-order valence-electron chi connectivity index (χ3n) is 3.49. The zero-order chi connectivity index (χ0) is 17.1. The van der Waals surface area contributed by atoms with Crippen LogP contribution >= 0.6 is 11.6 Å². The molecule has 1 N–H and O–H groups in total. The maximum absolute atomic E-state index is 12.2. The van der Waals surface area contributed by atoms with E-state index in [1.807, 2.05) is 0 Å². The standard InChI is InChI=1S/C18H15ClN2O3/c1-23-14-7-11(8-15(10-14)24-2)9-16-18(22)21-17(20-16)12-3-5-13(19)6-4-12/h3-10H,1-2H3,(H,20,21,22)/b16-9+. The summed E-state index contributed by atoms with van der Waals surface area (Å²) in [6, 6.07) is 12.5. The Labute approximate surface area is 144 Å². The molecule has 1 aliphatic rings. The minimum atomic E-state index is -0.262. The van der Waals surface area contributed by atoms with Gasteiger partial charge in [-0.1, -0.05) is 11.6 Å². The van der Waals surface area contributed by atoms with Gasteiger partial charge in [0.2, 0.25) is 0 Å². The minimum Gasteiger partial charge on any atom is -0.497 e. The summed E-state index contributed by atoms with van der Waals surface area (Å²) in [5.74, 6) is 1.52. The lowest BCUT2D eigenvalue weighted by Crippen LogP contribution is -2.24. The van der Waals surface area contributed by atoms with Crippen LogP contribution in [0.15, 0.2) is 53.2 Å². The number of nitrogens with zero attached hydrogens (tertiary/aromatic N) is 1. The Morgan fingerprint density at radius 3 is 2.25 bits per heavy atom. The number of halogens is 1. The van der Waals surface area contributed by atoms with Crippen molar-refractivity contribution in [2.75, 3.05) is 14.2 Å². The largest absolute Gasteiger partial charge is 0.497 e. The Morgan fingerprint density at radius 2 is 1.67 bits per heavy atom. The van der Waals surface area contributed by atoms with Gasteiger partial charge >= 0.3 is 0 Å². The van der Waals surface area contributed by atoms with E-state index in [0.717, 1.165) is 11.1 Å². The maximum atomic E-state index is 12.2. The molecule has 24 heavy (non-hydrogen) atoms. The number of carbonyl (C=O) groups excluding carboxylic acids is 1. The van der Waals surface area contributed by atoms with E-state index in [-0.39, 0.29) is 5.91 Å². The summed E-state index contributed by atoms with van der Waals surface area (Å²) < 4.78 is 10.5. The van der Waals surface area contributed by atoms with Crippen LogP contribution in [0.25, 0.3) is 6.08 Å². The van der Waals surface area contributed by atoms with E-state index in [2.05, 4.69) is 10.3 Å². The van der Waals surface area contributed by atoms with Crippen LogP contribution in [-0.2, 0) is 4.79 Å². The highest BCUT2D eigenvalue weighted by Crippen LogP contribution is 2.25. The zero-order valence-corrected chi connectivity index (χ0v) is 13.9. The highest BCUT2D eigenvalue weighted by Gasteiger charge is 2.21. The van der Waals surface area contributed by atoms with E-state index in [1.54, 1.807) is 62.8 Å². The molecular formula is C18H15ClN2O3. The third-order valence-corrected chi connectivity index (χ3v) is 3.74. The van der Waals surface area contributed by atoms with Crippen molar-refractivity contribution in [2.24, 2.45) is 4.99 Å². The summed E-state index contributed by atoms with van der Waals surface area (Å²) in [6.45, 7) is 0. The highest BCUT2D eigenvalue weighted by molar-refractivity contribution is 6.30. The van der Waals surface area contributed by atoms with E-state index >= 15 is 0 Å². The highest BCUT2D eigenvalue weighted by atomic mass is 35.5. The smallest absolute Gasteiger partial charge is 0.275 e. The van der Waals surface area contributed by atoms with Gasteiger partial charge in [-0.2, -0.15) is 0 Å². The number of hydrogen-bond donors (Lipinski definition) is 1. The fourth-order valence-electron chi connectivity index (χ4n) is 2.28. The summed E-state index contributed by atoms with van der Waals surface area (Å²) in [5, 5.41) is 3.38. The topological polar surface area (TPSA) is 59.9 Å². The minimum absolute atomic E-state index is 0.262. The number of rotatable bonds is 4. The van der Waals surface area contributed by atoms with Crippen molar-refractivity contribution in [3.8, 4) is 11.5 Å². The molecule has 0 bridgehead atoms. The molecular weight excluding hydrogens is 328 g/mol. The molecule has 5 nitrogen and oxygen atoms in total. The zero-order valence-electron chi connectivity index (χ0n) is 13.2. The fourth-order valence-corrected chi connectivity index (χ4v) is 2.41. The van der Waals surface area contributed by atoms with Crippen LogP contribution in [0.5, 0.6) is 11.5 Å². The van der Waals surface area contributed by atoms with E-state index in [0.29, 0.717) is 28.1 Å². The molecule has 0 atom stereocenters. The van der Waals surface area contributed by atoms with E-state index < -0.39 is 0 Å². The molecule has 0 saturated carbocycles. The first-order valence-corrected chi connectivity index (χ1v) is 7.57. The summed E-state index contributed by atoms with van der Waals surface area (Å²) in [5.41, 5.74) is 1.87. The Hall–Kier alpha value is -2.79. The van der Waals surface area contributed by atoms with Crippen LogP contribution in [0.2, 0.25) is 5.02 Å². The Balaban J connectivity index is 1.95. The molecule has 1 heterocycles. The predicted molar refractivity (Wildman–Crippen MR) is 93.7 cm³/mol. The van der Waals surface area contributed by atoms with E-state index in [1.165, 1.54) is 0 Å². The molecule has 6 heteroatoms.